The van der Waals surface area contributed by atoms with Crippen LogP contribution in [0.5, 0.6) is 11.5 Å². The van der Waals surface area contributed by atoms with E-state index in [-0.39, 0.29) is 12.4 Å². The molecule has 0 unspecified atom stereocenters. The fourth-order valence-electron chi connectivity index (χ4n) is 2.31. The highest BCUT2D eigenvalue weighted by molar-refractivity contribution is 6.30. The summed E-state index contributed by atoms with van der Waals surface area (Å²) in [5.41, 5.74) is 3.81. The van der Waals surface area contributed by atoms with Gasteiger partial charge in [-0.3, -0.25) is 4.79 Å². The molecule has 0 aromatic heterocycles. The molecule has 2 aromatic rings. The second-order valence-electron chi connectivity index (χ2n) is 5.45. The van der Waals surface area contributed by atoms with Crippen LogP contribution in [0.3, 0.4) is 0 Å². The molecule has 2 N–H and O–H groups in total. The van der Waals surface area contributed by atoms with E-state index in [1.807, 2.05) is 6.07 Å². The molecule has 0 aliphatic rings. The maximum absolute atomic E-state index is 11.7. The van der Waals surface area contributed by atoms with Gasteiger partial charge < -0.3 is 14.7 Å². The molecule has 0 saturated heterocycles. The highest BCUT2D eigenvalue weighted by atomic mass is 35.5. The third kappa shape index (κ3) is 5.67. The largest absolute Gasteiger partial charge is 0.507 e. The average molecular weight is 376 g/mol. The number of anilines is 1. The fourth-order valence-corrected chi connectivity index (χ4v) is 2.44. The molecule has 0 saturated carbocycles. The number of rotatable bonds is 8. The van der Waals surface area contributed by atoms with Gasteiger partial charge in [-0.15, -0.1) is 0 Å². The summed E-state index contributed by atoms with van der Waals surface area (Å²) in [5.74, 6) is 0.235. The second kappa shape index (κ2) is 9.68. The van der Waals surface area contributed by atoms with Crippen molar-refractivity contribution in [2.45, 2.75) is 13.8 Å². The number of nitrogens with one attached hydrogen (secondary N) is 1. The molecule has 0 fully saturated rings. The smallest absolute Gasteiger partial charge is 0.277 e. The SMILES string of the molecule is CCN(CC)c1ccc(/C=N\NC(=O)COc2ccc(Cl)cc2)c(O)c1. The number of phenolic OH excluding ortho intramolecular Hbond substituents is 1. The Bertz CT molecular complexity index is 759. The maximum Gasteiger partial charge on any atom is 0.277 e. The summed E-state index contributed by atoms with van der Waals surface area (Å²) in [7, 11) is 0. The zero-order valence-electron chi connectivity index (χ0n) is 14.8. The molecule has 0 bridgehead atoms. The molecule has 138 valence electrons. The Balaban J connectivity index is 1.87. The first-order valence-electron chi connectivity index (χ1n) is 8.31. The first-order valence-corrected chi connectivity index (χ1v) is 8.69. The van der Waals surface area contributed by atoms with Crippen LogP contribution < -0.4 is 15.1 Å². The zero-order chi connectivity index (χ0) is 18.9. The lowest BCUT2D eigenvalue weighted by molar-refractivity contribution is -0.123. The van der Waals surface area contributed by atoms with Crippen molar-refractivity contribution in [3.8, 4) is 11.5 Å². The van der Waals surface area contributed by atoms with E-state index in [2.05, 4.69) is 29.3 Å². The number of benzene rings is 2. The number of carbonyl (C=O) groups excluding carboxylic acids is 1. The molecular formula is C19H22ClN3O3. The van der Waals surface area contributed by atoms with Crippen LogP contribution in [0.2, 0.25) is 5.02 Å². The lowest BCUT2D eigenvalue weighted by Crippen LogP contribution is -2.24. The van der Waals surface area contributed by atoms with Crippen LogP contribution in [-0.4, -0.2) is 36.9 Å². The molecule has 6 nitrogen and oxygen atoms in total. The minimum Gasteiger partial charge on any atom is -0.507 e. The molecule has 0 radical (unpaired) electrons. The van der Waals surface area contributed by atoms with Crippen molar-refractivity contribution in [2.75, 3.05) is 24.6 Å². The third-order valence-corrected chi connectivity index (χ3v) is 3.97. The first-order chi connectivity index (χ1) is 12.5. The van der Waals surface area contributed by atoms with Crippen molar-refractivity contribution in [1.29, 1.82) is 0 Å². The lowest BCUT2D eigenvalue weighted by Gasteiger charge is -2.21. The van der Waals surface area contributed by atoms with Crippen LogP contribution in [-0.2, 0) is 4.79 Å². The van der Waals surface area contributed by atoms with Crippen LogP contribution in [0.15, 0.2) is 47.6 Å². The van der Waals surface area contributed by atoms with E-state index in [0.29, 0.717) is 16.3 Å². The van der Waals surface area contributed by atoms with Crippen molar-refractivity contribution in [3.63, 3.8) is 0 Å². The van der Waals surface area contributed by atoms with Crippen LogP contribution in [0, 0.1) is 0 Å². The molecule has 0 aliphatic carbocycles. The number of phenols is 1. The van der Waals surface area contributed by atoms with Crippen molar-refractivity contribution in [3.05, 3.63) is 53.1 Å². The predicted molar refractivity (Wildman–Crippen MR) is 104 cm³/mol. The van der Waals surface area contributed by atoms with Crippen molar-refractivity contribution in [2.24, 2.45) is 5.10 Å². The molecular weight excluding hydrogens is 354 g/mol. The van der Waals surface area contributed by atoms with Gasteiger partial charge in [0.15, 0.2) is 6.61 Å². The van der Waals surface area contributed by atoms with Crippen molar-refractivity contribution in [1.82, 2.24) is 5.43 Å². The van der Waals surface area contributed by atoms with Crippen LogP contribution in [0.4, 0.5) is 5.69 Å². The minimum atomic E-state index is -0.407. The first kappa shape index (κ1) is 19.6. The maximum atomic E-state index is 11.7. The quantitative estimate of drug-likeness (QED) is 0.547. The van der Waals surface area contributed by atoms with E-state index in [1.54, 1.807) is 36.4 Å². The molecule has 7 heteroatoms. The van der Waals surface area contributed by atoms with Gasteiger partial charge in [0.25, 0.3) is 5.91 Å². The number of ether oxygens (including phenoxy) is 1. The highest BCUT2D eigenvalue weighted by Crippen LogP contribution is 2.23. The third-order valence-electron chi connectivity index (χ3n) is 3.72. The molecule has 2 aromatic carbocycles. The molecule has 2 rings (SSSR count). The summed E-state index contributed by atoms with van der Waals surface area (Å²) in [5, 5.41) is 14.5. The summed E-state index contributed by atoms with van der Waals surface area (Å²) < 4.78 is 5.32. The van der Waals surface area contributed by atoms with Crippen LogP contribution >= 0.6 is 11.6 Å². The number of hydrazone groups is 1. The minimum absolute atomic E-state index is 0.102. The van der Waals surface area contributed by atoms with Crippen LogP contribution in [0.25, 0.3) is 0 Å². The van der Waals surface area contributed by atoms with E-state index in [0.717, 1.165) is 18.8 Å². The zero-order valence-corrected chi connectivity index (χ0v) is 15.5. The van der Waals surface area contributed by atoms with Gasteiger partial charge in [0.2, 0.25) is 0 Å². The van der Waals surface area contributed by atoms with Crippen LogP contribution in [0.1, 0.15) is 19.4 Å². The average Bonchev–Trinajstić information content (AvgIpc) is 2.64. The Morgan fingerprint density at radius 1 is 1.23 bits per heavy atom. The van der Waals surface area contributed by atoms with E-state index in [4.69, 9.17) is 16.3 Å². The monoisotopic (exact) mass is 375 g/mol. The number of carbonyl (C=O) groups is 1. The summed E-state index contributed by atoms with van der Waals surface area (Å²) in [6, 6.07) is 12.0. The van der Waals surface area contributed by atoms with Gasteiger partial charge in [-0.2, -0.15) is 5.10 Å². The molecule has 26 heavy (non-hydrogen) atoms. The second-order valence-corrected chi connectivity index (χ2v) is 5.89. The summed E-state index contributed by atoms with van der Waals surface area (Å²) in [4.78, 5) is 13.9. The standard InChI is InChI=1S/C19H22ClN3O3/c1-3-23(4-2)16-8-5-14(18(24)11-16)12-21-22-19(25)13-26-17-9-6-15(20)7-10-17/h5-12,24H,3-4,13H2,1-2H3,(H,22,25)/b21-12-. The van der Waals surface area contributed by atoms with Crippen molar-refractivity contribution < 1.29 is 14.6 Å². The van der Waals surface area contributed by atoms with Gasteiger partial charge in [0.05, 0.1) is 6.21 Å². The van der Waals surface area contributed by atoms with Gasteiger partial charge in [0, 0.05) is 35.4 Å². The molecule has 0 atom stereocenters. The lowest BCUT2D eigenvalue weighted by atomic mass is 10.2. The van der Waals surface area contributed by atoms with Gasteiger partial charge in [-0.25, -0.2) is 5.43 Å². The molecule has 1 amide bonds. The number of amides is 1. The Morgan fingerprint density at radius 2 is 1.92 bits per heavy atom. The van der Waals surface area contributed by atoms with Gasteiger partial charge in [-0.1, -0.05) is 11.6 Å². The summed E-state index contributed by atoms with van der Waals surface area (Å²) in [6.07, 6.45) is 1.39. The van der Waals surface area contributed by atoms with E-state index >= 15 is 0 Å². The van der Waals surface area contributed by atoms with Gasteiger partial charge in [0.1, 0.15) is 11.5 Å². The predicted octanol–water partition coefficient (Wildman–Crippen LogP) is 3.42. The Labute approximate surface area is 158 Å². The summed E-state index contributed by atoms with van der Waals surface area (Å²) in [6.45, 7) is 5.64. The van der Waals surface area contributed by atoms with Gasteiger partial charge in [-0.05, 0) is 50.2 Å². The Kier molecular flexibility index (Phi) is 7.29. The molecule has 0 spiro atoms. The van der Waals surface area contributed by atoms with Crippen molar-refractivity contribution >= 4 is 29.4 Å². The molecule has 0 heterocycles. The highest BCUT2D eigenvalue weighted by Gasteiger charge is 2.06. The topological polar surface area (TPSA) is 74.2 Å². The number of aromatic hydroxyl groups is 1. The molecule has 0 aliphatic heterocycles. The number of hydrogen-bond donors (Lipinski definition) is 2. The normalized spacial score (nSPS) is 10.7. The van der Waals surface area contributed by atoms with E-state index in [1.165, 1.54) is 6.21 Å². The van der Waals surface area contributed by atoms with Gasteiger partial charge >= 0.3 is 0 Å². The Morgan fingerprint density at radius 3 is 2.54 bits per heavy atom. The number of nitrogens with zero attached hydrogens (tertiary/aromatic N) is 2. The summed E-state index contributed by atoms with van der Waals surface area (Å²) >= 11 is 5.78. The number of halogens is 1. The van der Waals surface area contributed by atoms with E-state index < -0.39 is 5.91 Å². The number of hydrogen-bond acceptors (Lipinski definition) is 5. The van der Waals surface area contributed by atoms with E-state index in [9.17, 15) is 9.90 Å². The fraction of sp³-hybridized carbons (Fsp3) is 0.263. The Hall–Kier alpha value is -2.73.